The van der Waals surface area contributed by atoms with E-state index in [2.05, 4.69) is 6.92 Å². The topological polar surface area (TPSA) is 42.9 Å². The van der Waals surface area contributed by atoms with Crippen LogP contribution in [-0.4, -0.2) is 15.7 Å². The van der Waals surface area contributed by atoms with Crippen LogP contribution in [-0.2, 0) is 18.5 Å². The summed E-state index contributed by atoms with van der Waals surface area (Å²) < 4.78 is 9.60. The quantitative estimate of drug-likeness (QED) is 0.631. The Balaban J connectivity index is 0.00000264. The van der Waals surface area contributed by atoms with Crippen LogP contribution in [0.1, 0.15) is 51.9 Å². The highest BCUT2D eigenvalue weighted by Crippen LogP contribution is 2.11. The molecule has 2 rings (SSSR count). The summed E-state index contributed by atoms with van der Waals surface area (Å²) in [4.78, 5) is 0. The molecule has 0 amide bonds. The van der Waals surface area contributed by atoms with E-state index in [1.54, 1.807) is 0 Å². The Morgan fingerprint density at radius 1 is 0.957 bits per heavy atom. The summed E-state index contributed by atoms with van der Waals surface area (Å²) in [6.07, 6.45) is 9.06. The van der Waals surface area contributed by atoms with E-state index in [0.717, 1.165) is 24.1 Å². The predicted octanol–water partition coefficient (Wildman–Crippen LogP) is 4.61. The molecule has 1 aromatic heterocycles. The molecule has 0 bridgehead atoms. The standard InChI is InChI=1S/C18H29N3O.ClH/c1-3-4-5-6-7-8-11-14-22-15-21-17-13-10-9-12-16(17)20(2)18(21)19;/h9-10,12-13,19H,3-8,11,14-15H2,1-2H3;1H. The van der Waals surface area contributed by atoms with Crippen molar-refractivity contribution in [1.29, 1.82) is 5.41 Å². The van der Waals surface area contributed by atoms with Gasteiger partial charge in [0.1, 0.15) is 6.73 Å². The van der Waals surface area contributed by atoms with Gasteiger partial charge in [-0.1, -0.05) is 57.6 Å². The monoisotopic (exact) mass is 339 g/mol. The first kappa shape index (κ1) is 19.8. The Kier molecular flexibility index (Phi) is 9.03. The normalized spacial score (nSPS) is 10.9. The number of nitrogens with one attached hydrogen (secondary N) is 1. The van der Waals surface area contributed by atoms with E-state index in [0.29, 0.717) is 12.3 Å². The van der Waals surface area contributed by atoms with Gasteiger partial charge < -0.3 is 9.30 Å². The molecule has 0 aliphatic carbocycles. The molecule has 1 heterocycles. The molecule has 23 heavy (non-hydrogen) atoms. The number of hydrogen-bond acceptors (Lipinski definition) is 2. The Labute approximate surface area is 145 Å². The zero-order chi connectivity index (χ0) is 15.8. The van der Waals surface area contributed by atoms with Crippen LogP contribution in [0, 0.1) is 5.41 Å². The van der Waals surface area contributed by atoms with Gasteiger partial charge in [0.25, 0.3) is 0 Å². The van der Waals surface area contributed by atoms with Gasteiger partial charge in [0, 0.05) is 13.7 Å². The van der Waals surface area contributed by atoms with Crippen molar-refractivity contribution in [2.45, 2.75) is 58.6 Å². The fraction of sp³-hybridized carbons (Fsp3) is 0.611. The van der Waals surface area contributed by atoms with Crippen LogP contribution < -0.4 is 5.62 Å². The number of imidazole rings is 1. The molecule has 5 heteroatoms. The zero-order valence-corrected chi connectivity index (χ0v) is 15.2. The summed E-state index contributed by atoms with van der Waals surface area (Å²) in [6, 6.07) is 8.10. The third-order valence-electron chi connectivity index (χ3n) is 4.22. The molecule has 0 aliphatic heterocycles. The molecule has 4 nitrogen and oxygen atoms in total. The van der Waals surface area contributed by atoms with Gasteiger partial charge in [0.15, 0.2) is 0 Å². The minimum Gasteiger partial charge on any atom is -0.361 e. The first-order valence-electron chi connectivity index (χ1n) is 8.52. The highest BCUT2D eigenvalue weighted by atomic mass is 35.5. The first-order chi connectivity index (χ1) is 10.8. The van der Waals surface area contributed by atoms with Gasteiger partial charge in [0.2, 0.25) is 5.62 Å². The summed E-state index contributed by atoms with van der Waals surface area (Å²) in [5, 5.41) is 8.18. The molecule has 1 aromatic carbocycles. The summed E-state index contributed by atoms with van der Waals surface area (Å²) in [6.45, 7) is 3.50. The van der Waals surface area contributed by atoms with Crippen molar-refractivity contribution in [3.63, 3.8) is 0 Å². The highest BCUT2D eigenvalue weighted by molar-refractivity contribution is 5.85. The fourth-order valence-electron chi connectivity index (χ4n) is 2.83. The second kappa shape index (κ2) is 10.5. The Morgan fingerprint density at radius 2 is 1.57 bits per heavy atom. The smallest absolute Gasteiger partial charge is 0.204 e. The lowest BCUT2D eigenvalue weighted by Crippen LogP contribution is -2.23. The molecular weight excluding hydrogens is 310 g/mol. The highest BCUT2D eigenvalue weighted by Gasteiger charge is 2.06. The Morgan fingerprint density at radius 3 is 2.26 bits per heavy atom. The van der Waals surface area contributed by atoms with Crippen molar-refractivity contribution >= 4 is 23.4 Å². The number of hydrogen-bond donors (Lipinski definition) is 1. The van der Waals surface area contributed by atoms with Gasteiger partial charge in [-0.15, -0.1) is 12.4 Å². The number of nitrogens with zero attached hydrogens (tertiary/aromatic N) is 2. The molecule has 0 unspecified atom stereocenters. The number of aryl methyl sites for hydroxylation is 1. The average molecular weight is 340 g/mol. The summed E-state index contributed by atoms with van der Waals surface area (Å²) >= 11 is 0. The molecule has 0 radical (unpaired) electrons. The van der Waals surface area contributed by atoms with Crippen molar-refractivity contribution in [3.05, 3.63) is 29.9 Å². The van der Waals surface area contributed by atoms with Crippen molar-refractivity contribution in [1.82, 2.24) is 9.13 Å². The minimum absolute atomic E-state index is 0. The minimum atomic E-state index is 0. The maximum atomic E-state index is 8.18. The van der Waals surface area contributed by atoms with E-state index < -0.39 is 0 Å². The molecule has 0 aliphatic rings. The maximum absolute atomic E-state index is 8.18. The van der Waals surface area contributed by atoms with Crippen LogP contribution in [0.4, 0.5) is 0 Å². The molecule has 2 aromatic rings. The lowest BCUT2D eigenvalue weighted by molar-refractivity contribution is 0.0731. The fourth-order valence-corrected chi connectivity index (χ4v) is 2.83. The Bertz CT molecular complexity index is 633. The third kappa shape index (κ3) is 5.40. The number of unbranched alkanes of at least 4 members (excludes halogenated alkanes) is 6. The van der Waals surface area contributed by atoms with Gasteiger partial charge in [-0.25, -0.2) is 0 Å². The number of rotatable bonds is 10. The number of ether oxygens (including phenoxy) is 1. The average Bonchev–Trinajstić information content (AvgIpc) is 2.78. The van der Waals surface area contributed by atoms with Crippen LogP contribution in [0.5, 0.6) is 0 Å². The van der Waals surface area contributed by atoms with E-state index in [9.17, 15) is 0 Å². The molecule has 130 valence electrons. The molecule has 0 saturated carbocycles. The van der Waals surface area contributed by atoms with E-state index in [-0.39, 0.29) is 12.4 Å². The van der Waals surface area contributed by atoms with Gasteiger partial charge in [-0.3, -0.25) is 9.98 Å². The Hall–Kier alpha value is -1.26. The summed E-state index contributed by atoms with van der Waals surface area (Å²) in [5.74, 6) is 0. The van der Waals surface area contributed by atoms with Crippen LogP contribution >= 0.6 is 12.4 Å². The van der Waals surface area contributed by atoms with Crippen molar-refractivity contribution < 1.29 is 4.74 Å². The predicted molar refractivity (Wildman–Crippen MR) is 98.0 cm³/mol. The van der Waals surface area contributed by atoms with E-state index in [4.69, 9.17) is 10.1 Å². The molecule has 0 saturated heterocycles. The number of halogens is 1. The van der Waals surface area contributed by atoms with Crippen molar-refractivity contribution in [3.8, 4) is 0 Å². The van der Waals surface area contributed by atoms with E-state index in [1.165, 1.54) is 38.5 Å². The van der Waals surface area contributed by atoms with Crippen LogP contribution in [0.25, 0.3) is 11.0 Å². The zero-order valence-electron chi connectivity index (χ0n) is 14.4. The molecule has 1 N–H and O–H groups in total. The second-order valence-electron chi connectivity index (χ2n) is 5.96. The molecule has 0 fully saturated rings. The number of benzene rings is 1. The first-order valence-corrected chi connectivity index (χ1v) is 8.52. The van der Waals surface area contributed by atoms with E-state index >= 15 is 0 Å². The van der Waals surface area contributed by atoms with Crippen LogP contribution in [0.3, 0.4) is 0 Å². The SMILES string of the molecule is CCCCCCCCCOCn1c(=N)n(C)c2ccccc21.Cl. The summed E-state index contributed by atoms with van der Waals surface area (Å²) in [5.41, 5.74) is 2.63. The number of fused-ring (bicyclic) bond motifs is 1. The van der Waals surface area contributed by atoms with Crippen molar-refractivity contribution in [2.24, 2.45) is 7.05 Å². The third-order valence-corrected chi connectivity index (χ3v) is 4.22. The summed E-state index contributed by atoms with van der Waals surface area (Å²) in [7, 11) is 1.93. The largest absolute Gasteiger partial charge is 0.361 e. The molecule has 0 spiro atoms. The van der Waals surface area contributed by atoms with Crippen LogP contribution in [0.2, 0.25) is 0 Å². The van der Waals surface area contributed by atoms with Gasteiger partial charge in [-0.05, 0) is 18.6 Å². The second-order valence-corrected chi connectivity index (χ2v) is 5.96. The molecule has 0 atom stereocenters. The van der Waals surface area contributed by atoms with E-state index in [1.807, 2.05) is 40.4 Å². The van der Waals surface area contributed by atoms with Crippen LogP contribution in [0.15, 0.2) is 24.3 Å². The molecular formula is C18H30ClN3O. The number of aromatic nitrogens is 2. The van der Waals surface area contributed by atoms with Gasteiger partial charge in [0.05, 0.1) is 11.0 Å². The van der Waals surface area contributed by atoms with Crippen molar-refractivity contribution in [2.75, 3.05) is 6.61 Å². The van der Waals surface area contributed by atoms with Gasteiger partial charge in [-0.2, -0.15) is 0 Å². The van der Waals surface area contributed by atoms with Gasteiger partial charge >= 0.3 is 0 Å². The number of para-hydroxylation sites is 2. The lowest BCUT2D eigenvalue weighted by atomic mass is 10.1. The lowest BCUT2D eigenvalue weighted by Gasteiger charge is -2.06. The maximum Gasteiger partial charge on any atom is 0.204 e.